The molecule has 2 aromatic carbocycles. The maximum atomic E-state index is 12.0. The number of hydrogen-bond acceptors (Lipinski definition) is 4. The van der Waals surface area contributed by atoms with E-state index in [2.05, 4.69) is 78.6 Å². The number of amides is 1. The van der Waals surface area contributed by atoms with Gasteiger partial charge >= 0.3 is 0 Å². The van der Waals surface area contributed by atoms with Gasteiger partial charge in [-0.3, -0.25) is 9.78 Å². The molecule has 4 aromatic rings. The van der Waals surface area contributed by atoms with Crippen molar-refractivity contribution in [2.24, 2.45) is 0 Å². The van der Waals surface area contributed by atoms with Crippen LogP contribution in [0.2, 0.25) is 0 Å². The minimum Gasteiger partial charge on any atom is -0.378 e. The van der Waals surface area contributed by atoms with Crippen molar-refractivity contribution < 1.29 is 4.79 Å². The van der Waals surface area contributed by atoms with Crippen LogP contribution < -0.4 is 20.4 Å². The van der Waals surface area contributed by atoms with E-state index in [0.717, 1.165) is 39.7 Å². The standard InChI is InChI=1S/C30H32N6OS/c1-5-27(37)32-24-16-15-23(19-20(24)2)36-29(28(33-30(36)38)25-9-6-7-17-31-25)26-10-8-18-35(26)22-13-11-21(12-14-22)34(3)4/h6-19,28-29H,5H2,1-4H3,(H,32,37)(H,33,38). The fourth-order valence-corrected chi connectivity index (χ4v) is 5.24. The van der Waals surface area contributed by atoms with E-state index in [0.29, 0.717) is 11.5 Å². The highest BCUT2D eigenvalue weighted by Gasteiger charge is 2.42. The van der Waals surface area contributed by atoms with Crippen LogP contribution in [0.15, 0.2) is 85.2 Å². The van der Waals surface area contributed by atoms with E-state index in [4.69, 9.17) is 12.2 Å². The molecular weight excluding hydrogens is 492 g/mol. The van der Waals surface area contributed by atoms with Crippen LogP contribution >= 0.6 is 12.2 Å². The summed E-state index contributed by atoms with van der Waals surface area (Å²) in [6.45, 7) is 3.85. The van der Waals surface area contributed by atoms with Gasteiger partial charge in [0.2, 0.25) is 5.91 Å². The summed E-state index contributed by atoms with van der Waals surface area (Å²) in [5.74, 6) is -0.00887. The Bertz CT molecular complexity index is 1450. The highest BCUT2D eigenvalue weighted by molar-refractivity contribution is 7.80. The van der Waals surface area contributed by atoms with E-state index in [1.165, 1.54) is 0 Å². The Morgan fingerprint density at radius 1 is 1.05 bits per heavy atom. The van der Waals surface area contributed by atoms with Crippen LogP contribution in [-0.4, -0.2) is 34.7 Å². The fraction of sp³-hybridized carbons (Fsp3) is 0.233. The zero-order chi connectivity index (χ0) is 26.8. The summed E-state index contributed by atoms with van der Waals surface area (Å²) in [6.07, 6.45) is 4.33. The first-order chi connectivity index (χ1) is 18.4. The number of carbonyl (C=O) groups is 1. The number of nitrogens with one attached hydrogen (secondary N) is 2. The maximum absolute atomic E-state index is 12.0. The van der Waals surface area contributed by atoms with Gasteiger partial charge < -0.3 is 25.0 Å². The van der Waals surface area contributed by atoms with E-state index in [9.17, 15) is 4.79 Å². The molecule has 194 valence electrons. The number of benzene rings is 2. The zero-order valence-electron chi connectivity index (χ0n) is 22.1. The second-order valence-electron chi connectivity index (χ2n) is 9.61. The zero-order valence-corrected chi connectivity index (χ0v) is 22.9. The normalized spacial score (nSPS) is 16.8. The number of aromatic nitrogens is 2. The molecule has 2 aromatic heterocycles. The Labute approximate surface area is 229 Å². The van der Waals surface area contributed by atoms with Gasteiger partial charge in [0.25, 0.3) is 0 Å². The summed E-state index contributed by atoms with van der Waals surface area (Å²) in [4.78, 5) is 20.9. The number of aryl methyl sites for hydroxylation is 1. The molecule has 2 N–H and O–H groups in total. The number of hydrogen-bond donors (Lipinski definition) is 2. The largest absolute Gasteiger partial charge is 0.378 e. The first kappa shape index (κ1) is 25.5. The van der Waals surface area contributed by atoms with Gasteiger partial charge in [-0.15, -0.1) is 0 Å². The first-order valence-electron chi connectivity index (χ1n) is 12.7. The Kier molecular flexibility index (Phi) is 7.15. The molecule has 3 heterocycles. The summed E-state index contributed by atoms with van der Waals surface area (Å²) in [5.41, 5.74) is 6.95. The van der Waals surface area contributed by atoms with Gasteiger partial charge in [0, 0.05) is 61.4 Å². The average Bonchev–Trinajstić information content (AvgIpc) is 3.54. The predicted molar refractivity (Wildman–Crippen MR) is 158 cm³/mol. The molecule has 0 bridgehead atoms. The van der Waals surface area contributed by atoms with Crippen molar-refractivity contribution in [3.63, 3.8) is 0 Å². The van der Waals surface area contributed by atoms with Gasteiger partial charge in [0.15, 0.2) is 5.11 Å². The monoisotopic (exact) mass is 524 g/mol. The molecule has 1 fully saturated rings. The molecule has 0 aliphatic carbocycles. The second kappa shape index (κ2) is 10.7. The molecular formula is C30H32N6OS. The van der Waals surface area contributed by atoms with Crippen molar-refractivity contribution in [2.75, 3.05) is 29.2 Å². The van der Waals surface area contributed by atoms with E-state index < -0.39 is 0 Å². The fourth-order valence-electron chi connectivity index (χ4n) is 4.89. The predicted octanol–water partition coefficient (Wildman–Crippen LogP) is 5.77. The number of anilines is 3. The van der Waals surface area contributed by atoms with Crippen LogP contribution in [0, 0.1) is 6.92 Å². The van der Waals surface area contributed by atoms with Crippen LogP contribution in [0.25, 0.3) is 5.69 Å². The summed E-state index contributed by atoms with van der Waals surface area (Å²) >= 11 is 5.92. The lowest BCUT2D eigenvalue weighted by molar-refractivity contribution is -0.115. The molecule has 38 heavy (non-hydrogen) atoms. The molecule has 2 atom stereocenters. The van der Waals surface area contributed by atoms with Gasteiger partial charge in [0.05, 0.1) is 11.7 Å². The SMILES string of the molecule is CCC(=O)Nc1ccc(N2C(=S)NC(c3ccccn3)C2c2cccn2-c2ccc(N(C)C)cc2)cc1C. The molecule has 1 saturated heterocycles. The molecule has 8 heteroatoms. The van der Waals surface area contributed by atoms with Crippen molar-refractivity contribution in [1.29, 1.82) is 0 Å². The third kappa shape index (κ3) is 4.87. The number of carbonyl (C=O) groups excluding carboxylic acids is 1. The van der Waals surface area contributed by atoms with Gasteiger partial charge in [-0.25, -0.2) is 0 Å². The highest BCUT2D eigenvalue weighted by atomic mass is 32.1. The molecule has 5 rings (SSSR count). The smallest absolute Gasteiger partial charge is 0.224 e. The molecule has 1 amide bonds. The third-order valence-corrected chi connectivity index (χ3v) is 7.22. The van der Waals surface area contributed by atoms with E-state index in [1.54, 1.807) is 0 Å². The van der Waals surface area contributed by atoms with Crippen LogP contribution in [0.3, 0.4) is 0 Å². The topological polar surface area (TPSA) is 65.4 Å². The number of pyridine rings is 1. The summed E-state index contributed by atoms with van der Waals surface area (Å²) in [5, 5.41) is 7.15. The number of thiocarbonyl (C=S) groups is 1. The molecule has 0 saturated carbocycles. The van der Waals surface area contributed by atoms with E-state index in [-0.39, 0.29) is 18.0 Å². The van der Waals surface area contributed by atoms with Crippen molar-refractivity contribution >= 4 is 40.3 Å². The van der Waals surface area contributed by atoms with Gasteiger partial charge in [-0.05, 0) is 91.4 Å². The number of nitrogens with zero attached hydrogens (tertiary/aromatic N) is 4. The minimum atomic E-state index is -0.156. The van der Waals surface area contributed by atoms with Crippen molar-refractivity contribution in [3.05, 3.63) is 102 Å². The Morgan fingerprint density at radius 2 is 1.82 bits per heavy atom. The number of rotatable bonds is 7. The van der Waals surface area contributed by atoms with Crippen molar-refractivity contribution in [3.8, 4) is 5.69 Å². The van der Waals surface area contributed by atoms with Gasteiger partial charge in [-0.2, -0.15) is 0 Å². The van der Waals surface area contributed by atoms with Gasteiger partial charge in [0.1, 0.15) is 6.04 Å². The van der Waals surface area contributed by atoms with Crippen LogP contribution in [0.4, 0.5) is 17.1 Å². The minimum absolute atomic E-state index is 0.00887. The van der Waals surface area contributed by atoms with Crippen LogP contribution in [0.5, 0.6) is 0 Å². The first-order valence-corrected chi connectivity index (χ1v) is 13.1. The molecule has 1 aliphatic rings. The lowest BCUT2D eigenvalue weighted by Gasteiger charge is -2.29. The Balaban J connectivity index is 1.59. The molecule has 0 radical (unpaired) electrons. The summed E-state index contributed by atoms with van der Waals surface area (Å²) in [6, 6.07) is 24.4. The molecule has 2 unspecified atom stereocenters. The quantitative estimate of drug-likeness (QED) is 0.299. The lowest BCUT2D eigenvalue weighted by Crippen LogP contribution is -2.30. The van der Waals surface area contributed by atoms with Crippen LogP contribution in [-0.2, 0) is 4.79 Å². The van der Waals surface area contributed by atoms with E-state index in [1.807, 2.05) is 64.5 Å². The molecule has 1 aliphatic heterocycles. The molecule has 7 nitrogen and oxygen atoms in total. The van der Waals surface area contributed by atoms with Crippen LogP contribution in [0.1, 0.15) is 42.4 Å². The summed E-state index contributed by atoms with van der Waals surface area (Å²) < 4.78 is 2.21. The van der Waals surface area contributed by atoms with Gasteiger partial charge in [-0.1, -0.05) is 13.0 Å². The average molecular weight is 525 g/mol. The Hall–Kier alpha value is -4.17. The van der Waals surface area contributed by atoms with E-state index >= 15 is 0 Å². The van der Waals surface area contributed by atoms with Crippen molar-refractivity contribution in [1.82, 2.24) is 14.9 Å². The lowest BCUT2D eigenvalue weighted by atomic mass is 10.00. The highest BCUT2D eigenvalue weighted by Crippen LogP contribution is 2.43. The maximum Gasteiger partial charge on any atom is 0.224 e. The summed E-state index contributed by atoms with van der Waals surface area (Å²) in [7, 11) is 4.08. The molecule has 0 spiro atoms. The van der Waals surface area contributed by atoms with Crippen molar-refractivity contribution in [2.45, 2.75) is 32.4 Å². The second-order valence-corrected chi connectivity index (χ2v) is 10.00. The third-order valence-electron chi connectivity index (χ3n) is 6.91. The Morgan fingerprint density at radius 3 is 2.47 bits per heavy atom.